The molecule has 1 amide bonds. The number of aryl methyl sites for hydroxylation is 1. The summed E-state index contributed by atoms with van der Waals surface area (Å²) in [5, 5.41) is 1.88. The van der Waals surface area contributed by atoms with E-state index in [1.807, 2.05) is 12.1 Å². The molecule has 0 radical (unpaired) electrons. The first-order valence-corrected chi connectivity index (χ1v) is 12.2. The molecule has 0 bridgehead atoms. The molecular formula is C25H21Cl2N3O2S. The number of carbonyl (C=O) groups is 1. The maximum absolute atomic E-state index is 12.5. The number of anilines is 1. The van der Waals surface area contributed by atoms with Crippen molar-refractivity contribution in [3.05, 3.63) is 80.9 Å². The lowest BCUT2D eigenvalue weighted by Gasteiger charge is -2.37. The van der Waals surface area contributed by atoms with Crippen molar-refractivity contribution >= 4 is 57.8 Å². The summed E-state index contributed by atoms with van der Waals surface area (Å²) in [7, 11) is 0. The number of para-hydroxylation sites is 1. The minimum absolute atomic E-state index is 0.241. The predicted octanol–water partition coefficient (Wildman–Crippen LogP) is 6.35. The van der Waals surface area contributed by atoms with Gasteiger partial charge in [-0.15, -0.1) is 0 Å². The Labute approximate surface area is 206 Å². The molecule has 5 rings (SSSR count). The third-order valence-electron chi connectivity index (χ3n) is 5.71. The molecule has 2 aromatic carbocycles. The van der Waals surface area contributed by atoms with Gasteiger partial charge in [-0.2, -0.15) is 4.99 Å². The van der Waals surface area contributed by atoms with Crippen molar-refractivity contribution < 1.29 is 9.21 Å². The van der Waals surface area contributed by atoms with Crippen LogP contribution in [0.1, 0.15) is 11.3 Å². The number of aliphatic imine (C=N–C) groups is 1. The molecule has 2 aliphatic rings. The Morgan fingerprint density at radius 2 is 1.76 bits per heavy atom. The molecule has 1 fully saturated rings. The number of amides is 1. The zero-order valence-corrected chi connectivity index (χ0v) is 20.3. The van der Waals surface area contributed by atoms with E-state index in [1.54, 1.807) is 24.3 Å². The van der Waals surface area contributed by atoms with Crippen LogP contribution in [-0.2, 0) is 4.79 Å². The summed E-state index contributed by atoms with van der Waals surface area (Å²) in [6, 6.07) is 17.3. The molecule has 8 heteroatoms. The van der Waals surface area contributed by atoms with Gasteiger partial charge < -0.3 is 14.2 Å². The maximum Gasteiger partial charge on any atom is 0.286 e. The minimum atomic E-state index is -0.241. The van der Waals surface area contributed by atoms with Crippen LogP contribution in [0.3, 0.4) is 0 Å². The zero-order chi connectivity index (χ0) is 22.9. The SMILES string of the molecule is Cc1ccccc1N1CCN(C2=NC(=O)/C(=C\c3ccc(-c4cc(Cl)ccc4Cl)o3)S2)CC1. The number of furan rings is 1. The van der Waals surface area contributed by atoms with Crippen LogP contribution in [0.2, 0.25) is 10.0 Å². The van der Waals surface area contributed by atoms with Crippen LogP contribution in [0.15, 0.2) is 68.9 Å². The highest BCUT2D eigenvalue weighted by Crippen LogP contribution is 2.35. The first kappa shape index (κ1) is 22.1. The molecule has 1 aromatic heterocycles. The molecule has 3 aromatic rings. The van der Waals surface area contributed by atoms with Gasteiger partial charge in [-0.1, -0.05) is 41.4 Å². The molecule has 0 N–H and O–H groups in total. The number of piperazine rings is 1. The summed E-state index contributed by atoms with van der Waals surface area (Å²) in [4.78, 5) is 21.9. The number of amidine groups is 1. The fourth-order valence-electron chi connectivity index (χ4n) is 3.98. The standard InChI is InChI=1S/C25H21Cl2N3O2S/c1-16-4-2-3-5-21(16)29-10-12-30(13-11-29)25-28-24(31)23(33-25)15-18-7-9-22(32-18)19-14-17(26)6-8-20(19)27/h2-9,14-15H,10-13H2,1H3/b23-15+. The van der Waals surface area contributed by atoms with E-state index >= 15 is 0 Å². The Bertz CT molecular complexity index is 1280. The quantitative estimate of drug-likeness (QED) is 0.394. The van der Waals surface area contributed by atoms with E-state index in [1.165, 1.54) is 23.0 Å². The van der Waals surface area contributed by atoms with Crippen LogP contribution in [0.5, 0.6) is 0 Å². The fourth-order valence-corrected chi connectivity index (χ4v) is 5.31. The Hall–Kier alpha value is -2.67. The average Bonchev–Trinajstić information content (AvgIpc) is 3.43. The van der Waals surface area contributed by atoms with Gasteiger partial charge in [-0.25, -0.2) is 0 Å². The highest BCUT2D eigenvalue weighted by atomic mass is 35.5. The van der Waals surface area contributed by atoms with Gasteiger partial charge in [0.2, 0.25) is 0 Å². The number of nitrogens with zero attached hydrogens (tertiary/aromatic N) is 3. The van der Waals surface area contributed by atoms with Crippen LogP contribution in [0, 0.1) is 6.92 Å². The van der Waals surface area contributed by atoms with Gasteiger partial charge >= 0.3 is 0 Å². The summed E-state index contributed by atoms with van der Waals surface area (Å²) >= 11 is 13.8. The lowest BCUT2D eigenvalue weighted by Crippen LogP contribution is -2.48. The average molecular weight is 498 g/mol. The summed E-state index contributed by atoms with van der Waals surface area (Å²) in [6.07, 6.45) is 1.73. The van der Waals surface area contributed by atoms with Crippen LogP contribution in [-0.4, -0.2) is 42.2 Å². The number of thioether (sulfide) groups is 1. The van der Waals surface area contributed by atoms with Crippen molar-refractivity contribution in [3.63, 3.8) is 0 Å². The highest BCUT2D eigenvalue weighted by Gasteiger charge is 2.29. The zero-order valence-electron chi connectivity index (χ0n) is 17.9. The van der Waals surface area contributed by atoms with Gasteiger partial charge in [0.25, 0.3) is 5.91 Å². The Morgan fingerprint density at radius 3 is 2.55 bits per heavy atom. The van der Waals surface area contributed by atoms with Crippen LogP contribution in [0.4, 0.5) is 5.69 Å². The molecule has 5 nitrogen and oxygen atoms in total. The van der Waals surface area contributed by atoms with E-state index in [-0.39, 0.29) is 5.91 Å². The van der Waals surface area contributed by atoms with Crippen LogP contribution < -0.4 is 4.90 Å². The molecule has 0 saturated carbocycles. The van der Waals surface area contributed by atoms with E-state index in [0.29, 0.717) is 32.0 Å². The second-order valence-electron chi connectivity index (χ2n) is 7.90. The molecule has 1 saturated heterocycles. The predicted molar refractivity (Wildman–Crippen MR) is 137 cm³/mol. The molecule has 0 unspecified atom stereocenters. The van der Waals surface area contributed by atoms with Crippen molar-refractivity contribution in [1.82, 2.24) is 4.90 Å². The number of benzene rings is 2. The number of hydrogen-bond donors (Lipinski definition) is 0. The molecule has 0 spiro atoms. The first-order valence-electron chi connectivity index (χ1n) is 10.6. The molecule has 0 atom stereocenters. The summed E-state index contributed by atoms with van der Waals surface area (Å²) in [5.74, 6) is 0.922. The third kappa shape index (κ3) is 4.69. The van der Waals surface area contributed by atoms with Crippen LogP contribution >= 0.6 is 35.0 Å². The fraction of sp³-hybridized carbons (Fsp3) is 0.200. The monoisotopic (exact) mass is 497 g/mol. The van der Waals surface area contributed by atoms with Gasteiger partial charge in [0.1, 0.15) is 11.5 Å². The van der Waals surface area contributed by atoms with E-state index in [0.717, 1.165) is 31.3 Å². The minimum Gasteiger partial charge on any atom is -0.457 e. The van der Waals surface area contributed by atoms with E-state index in [2.05, 4.69) is 46.0 Å². The normalized spacial score (nSPS) is 17.7. The van der Waals surface area contributed by atoms with E-state index < -0.39 is 0 Å². The molecule has 0 aliphatic carbocycles. The summed E-state index contributed by atoms with van der Waals surface area (Å²) in [5.41, 5.74) is 3.25. The number of halogens is 2. The Kier molecular flexibility index (Phi) is 6.23. The van der Waals surface area contributed by atoms with Crippen molar-refractivity contribution in [2.24, 2.45) is 4.99 Å². The maximum atomic E-state index is 12.5. The van der Waals surface area contributed by atoms with Gasteiger partial charge in [0.05, 0.1) is 9.93 Å². The molecular weight excluding hydrogens is 477 g/mol. The smallest absolute Gasteiger partial charge is 0.286 e. The molecule has 3 heterocycles. The van der Waals surface area contributed by atoms with Crippen molar-refractivity contribution in [2.75, 3.05) is 31.1 Å². The second-order valence-corrected chi connectivity index (χ2v) is 9.75. The third-order valence-corrected chi connectivity index (χ3v) is 7.32. The Balaban J connectivity index is 1.26. The molecule has 33 heavy (non-hydrogen) atoms. The Morgan fingerprint density at radius 1 is 1.00 bits per heavy atom. The number of carbonyl (C=O) groups excluding carboxylic acids is 1. The number of rotatable bonds is 3. The van der Waals surface area contributed by atoms with Crippen molar-refractivity contribution in [2.45, 2.75) is 6.92 Å². The largest absolute Gasteiger partial charge is 0.457 e. The van der Waals surface area contributed by atoms with Crippen molar-refractivity contribution in [1.29, 1.82) is 0 Å². The van der Waals surface area contributed by atoms with E-state index in [9.17, 15) is 4.79 Å². The van der Waals surface area contributed by atoms with E-state index in [4.69, 9.17) is 27.6 Å². The lowest BCUT2D eigenvalue weighted by atomic mass is 10.1. The number of hydrogen-bond acceptors (Lipinski definition) is 5. The topological polar surface area (TPSA) is 49.0 Å². The molecule has 2 aliphatic heterocycles. The van der Waals surface area contributed by atoms with Gasteiger partial charge in [0, 0.05) is 48.5 Å². The summed E-state index contributed by atoms with van der Waals surface area (Å²) < 4.78 is 5.91. The highest BCUT2D eigenvalue weighted by molar-refractivity contribution is 8.18. The first-order chi connectivity index (χ1) is 16.0. The van der Waals surface area contributed by atoms with Crippen LogP contribution in [0.25, 0.3) is 17.4 Å². The second kappa shape index (κ2) is 9.29. The van der Waals surface area contributed by atoms with Gasteiger partial charge in [-0.05, 0) is 60.6 Å². The lowest BCUT2D eigenvalue weighted by molar-refractivity contribution is -0.113. The summed E-state index contributed by atoms with van der Waals surface area (Å²) in [6.45, 7) is 5.55. The molecule has 168 valence electrons. The van der Waals surface area contributed by atoms with Gasteiger partial charge in [-0.3, -0.25) is 4.79 Å². The van der Waals surface area contributed by atoms with Gasteiger partial charge in [0.15, 0.2) is 5.17 Å². The van der Waals surface area contributed by atoms with Crippen molar-refractivity contribution in [3.8, 4) is 11.3 Å².